The van der Waals surface area contributed by atoms with Crippen molar-refractivity contribution in [3.05, 3.63) is 23.8 Å². The van der Waals surface area contributed by atoms with Crippen LogP contribution in [0, 0.1) is 0 Å². The van der Waals surface area contributed by atoms with E-state index in [9.17, 15) is 15.0 Å². The Labute approximate surface area is 125 Å². The van der Waals surface area contributed by atoms with Gasteiger partial charge in [0, 0.05) is 12.6 Å². The first-order valence-electron chi connectivity index (χ1n) is 7.59. The Morgan fingerprint density at radius 3 is 2.57 bits per heavy atom. The number of likely N-dealkylation sites (N-methyl/N-ethyl adjacent to an activating group) is 1. The van der Waals surface area contributed by atoms with Crippen LogP contribution in [-0.2, 0) is 11.2 Å². The Bertz CT molecular complexity index is 498. The SMILES string of the molecule is CCN(C(=O)[C@@H](N)Cc1ccc(O)c(O)c1)C1CCCC1. The van der Waals surface area contributed by atoms with Gasteiger partial charge in [0.2, 0.25) is 5.91 Å². The number of rotatable bonds is 5. The number of aromatic hydroxyl groups is 2. The number of hydrogen-bond donors (Lipinski definition) is 3. The molecule has 5 nitrogen and oxygen atoms in total. The average Bonchev–Trinajstić information content (AvgIpc) is 2.97. The minimum atomic E-state index is -0.616. The van der Waals surface area contributed by atoms with E-state index in [1.165, 1.54) is 25.0 Å². The number of hydrogen-bond acceptors (Lipinski definition) is 4. The van der Waals surface area contributed by atoms with E-state index in [-0.39, 0.29) is 17.4 Å². The van der Waals surface area contributed by atoms with Gasteiger partial charge in [0.1, 0.15) is 0 Å². The van der Waals surface area contributed by atoms with Gasteiger partial charge in [-0.1, -0.05) is 18.9 Å². The van der Waals surface area contributed by atoms with E-state index in [2.05, 4.69) is 0 Å². The predicted molar refractivity (Wildman–Crippen MR) is 81.1 cm³/mol. The van der Waals surface area contributed by atoms with E-state index in [4.69, 9.17) is 5.73 Å². The molecular weight excluding hydrogens is 268 g/mol. The smallest absolute Gasteiger partial charge is 0.240 e. The minimum Gasteiger partial charge on any atom is -0.504 e. The molecule has 1 aliphatic carbocycles. The molecule has 1 aliphatic rings. The third kappa shape index (κ3) is 3.67. The first-order chi connectivity index (χ1) is 10.0. The molecule has 1 aromatic carbocycles. The molecule has 1 saturated carbocycles. The van der Waals surface area contributed by atoms with E-state index in [0.29, 0.717) is 19.0 Å². The topological polar surface area (TPSA) is 86.8 Å². The standard InChI is InChI=1S/C16H24N2O3/c1-2-18(12-5-3-4-6-12)16(21)13(17)9-11-7-8-14(19)15(20)10-11/h7-8,10,12-13,19-20H,2-6,9,17H2,1H3/t13-/m0/s1. The molecule has 1 fully saturated rings. The van der Waals surface area contributed by atoms with Crippen LogP contribution < -0.4 is 5.73 Å². The summed E-state index contributed by atoms with van der Waals surface area (Å²) in [5.41, 5.74) is 6.79. The van der Waals surface area contributed by atoms with E-state index in [0.717, 1.165) is 18.4 Å². The predicted octanol–water partition coefficient (Wildman–Crippen LogP) is 1.76. The van der Waals surface area contributed by atoms with Crippen molar-refractivity contribution in [2.75, 3.05) is 6.54 Å². The molecule has 1 aromatic rings. The molecule has 1 atom stereocenters. The van der Waals surface area contributed by atoms with Crippen molar-refractivity contribution in [2.45, 2.75) is 51.1 Å². The van der Waals surface area contributed by atoms with Crippen LogP contribution >= 0.6 is 0 Å². The van der Waals surface area contributed by atoms with E-state index >= 15 is 0 Å². The summed E-state index contributed by atoms with van der Waals surface area (Å²) in [6.45, 7) is 2.66. The lowest BCUT2D eigenvalue weighted by molar-refractivity contribution is -0.134. The summed E-state index contributed by atoms with van der Waals surface area (Å²) in [7, 11) is 0. The highest BCUT2D eigenvalue weighted by Crippen LogP contribution is 2.26. The fourth-order valence-corrected chi connectivity index (χ4v) is 3.06. The number of carbonyl (C=O) groups excluding carboxylic acids is 1. The number of carbonyl (C=O) groups is 1. The zero-order valence-electron chi connectivity index (χ0n) is 12.5. The molecule has 0 saturated heterocycles. The van der Waals surface area contributed by atoms with Gasteiger partial charge in [-0.25, -0.2) is 0 Å². The maximum Gasteiger partial charge on any atom is 0.240 e. The highest BCUT2D eigenvalue weighted by molar-refractivity contribution is 5.82. The Hall–Kier alpha value is -1.75. The molecule has 2 rings (SSSR count). The second-order valence-corrected chi connectivity index (χ2v) is 5.70. The lowest BCUT2D eigenvalue weighted by Crippen LogP contribution is -2.48. The number of phenolic OH excluding ortho intramolecular Hbond substituents is 2. The Balaban J connectivity index is 2.02. The van der Waals surface area contributed by atoms with Crippen molar-refractivity contribution in [3.8, 4) is 11.5 Å². The van der Waals surface area contributed by atoms with Crippen molar-refractivity contribution >= 4 is 5.91 Å². The Morgan fingerprint density at radius 2 is 2.00 bits per heavy atom. The van der Waals surface area contributed by atoms with Gasteiger partial charge in [-0.3, -0.25) is 4.79 Å². The van der Waals surface area contributed by atoms with Gasteiger partial charge in [0.25, 0.3) is 0 Å². The molecule has 0 heterocycles. The summed E-state index contributed by atoms with van der Waals surface area (Å²) in [4.78, 5) is 14.4. The van der Waals surface area contributed by atoms with Crippen molar-refractivity contribution < 1.29 is 15.0 Å². The molecule has 1 amide bonds. The lowest BCUT2D eigenvalue weighted by atomic mass is 10.0. The molecule has 4 N–H and O–H groups in total. The van der Waals surface area contributed by atoms with Crippen LogP contribution in [-0.4, -0.2) is 39.6 Å². The summed E-state index contributed by atoms with van der Waals surface area (Å²) < 4.78 is 0. The fourth-order valence-electron chi connectivity index (χ4n) is 3.06. The van der Waals surface area contributed by atoms with Gasteiger partial charge in [-0.05, 0) is 43.9 Å². The highest BCUT2D eigenvalue weighted by Gasteiger charge is 2.28. The van der Waals surface area contributed by atoms with Gasteiger partial charge in [-0.2, -0.15) is 0 Å². The largest absolute Gasteiger partial charge is 0.504 e. The second kappa shape index (κ2) is 6.80. The average molecular weight is 292 g/mol. The van der Waals surface area contributed by atoms with Gasteiger partial charge < -0.3 is 20.8 Å². The summed E-state index contributed by atoms with van der Waals surface area (Å²) >= 11 is 0. The third-order valence-corrected chi connectivity index (χ3v) is 4.20. The van der Waals surface area contributed by atoms with Crippen LogP contribution in [0.3, 0.4) is 0 Å². The number of phenols is 2. The fraction of sp³-hybridized carbons (Fsp3) is 0.562. The maximum atomic E-state index is 12.5. The van der Waals surface area contributed by atoms with E-state index in [1.54, 1.807) is 6.07 Å². The van der Waals surface area contributed by atoms with Gasteiger partial charge in [0.15, 0.2) is 11.5 Å². The molecule has 0 spiro atoms. The summed E-state index contributed by atoms with van der Waals surface area (Å²) in [5, 5.41) is 18.8. The molecule has 0 radical (unpaired) electrons. The molecule has 116 valence electrons. The third-order valence-electron chi connectivity index (χ3n) is 4.20. The molecule has 0 aliphatic heterocycles. The first-order valence-corrected chi connectivity index (χ1v) is 7.59. The van der Waals surface area contributed by atoms with Crippen molar-refractivity contribution in [1.82, 2.24) is 4.90 Å². The zero-order valence-corrected chi connectivity index (χ0v) is 12.5. The normalized spacial score (nSPS) is 16.9. The molecule has 0 bridgehead atoms. The van der Waals surface area contributed by atoms with Crippen LogP contribution in [0.25, 0.3) is 0 Å². The van der Waals surface area contributed by atoms with Gasteiger partial charge in [-0.15, -0.1) is 0 Å². The minimum absolute atomic E-state index is 0.0306. The Morgan fingerprint density at radius 1 is 1.33 bits per heavy atom. The van der Waals surface area contributed by atoms with Crippen LogP contribution in [0.5, 0.6) is 11.5 Å². The first kappa shape index (κ1) is 15.6. The van der Waals surface area contributed by atoms with Crippen LogP contribution in [0.2, 0.25) is 0 Å². The molecule has 0 unspecified atom stereocenters. The molecule has 0 aromatic heterocycles. The number of nitrogens with zero attached hydrogens (tertiary/aromatic N) is 1. The maximum absolute atomic E-state index is 12.5. The number of benzene rings is 1. The Kier molecular flexibility index (Phi) is 5.07. The number of amides is 1. The summed E-state index contributed by atoms with van der Waals surface area (Å²) in [6, 6.07) is 4.25. The monoisotopic (exact) mass is 292 g/mol. The second-order valence-electron chi connectivity index (χ2n) is 5.70. The molecule has 21 heavy (non-hydrogen) atoms. The van der Waals surface area contributed by atoms with Gasteiger partial charge >= 0.3 is 0 Å². The van der Waals surface area contributed by atoms with E-state index < -0.39 is 6.04 Å². The quantitative estimate of drug-likeness (QED) is 0.722. The summed E-state index contributed by atoms with van der Waals surface area (Å²) in [6.07, 6.45) is 4.83. The molecular formula is C16H24N2O3. The number of nitrogens with two attached hydrogens (primary N) is 1. The van der Waals surface area contributed by atoms with Gasteiger partial charge in [0.05, 0.1) is 6.04 Å². The van der Waals surface area contributed by atoms with Crippen molar-refractivity contribution in [2.24, 2.45) is 5.73 Å². The lowest BCUT2D eigenvalue weighted by Gasteiger charge is -2.30. The van der Waals surface area contributed by atoms with Crippen molar-refractivity contribution in [3.63, 3.8) is 0 Å². The summed E-state index contributed by atoms with van der Waals surface area (Å²) in [5.74, 6) is -0.382. The van der Waals surface area contributed by atoms with Crippen LogP contribution in [0.1, 0.15) is 38.2 Å². The van der Waals surface area contributed by atoms with Crippen LogP contribution in [0.15, 0.2) is 18.2 Å². The van der Waals surface area contributed by atoms with E-state index in [1.807, 2.05) is 11.8 Å². The molecule has 5 heteroatoms. The van der Waals surface area contributed by atoms with Crippen molar-refractivity contribution in [1.29, 1.82) is 0 Å². The van der Waals surface area contributed by atoms with Crippen LogP contribution in [0.4, 0.5) is 0 Å². The zero-order chi connectivity index (χ0) is 15.4. The highest BCUT2D eigenvalue weighted by atomic mass is 16.3.